The molecule has 2 nitrogen and oxygen atoms in total. The molecule has 0 heterocycles. The van der Waals surface area contributed by atoms with Crippen molar-refractivity contribution in [3.05, 3.63) is 34.3 Å². The molecule has 0 spiro atoms. The third-order valence-corrected chi connectivity index (χ3v) is 4.17. The van der Waals surface area contributed by atoms with Gasteiger partial charge in [0.05, 0.1) is 0 Å². The highest BCUT2D eigenvalue weighted by molar-refractivity contribution is 9.10. The summed E-state index contributed by atoms with van der Waals surface area (Å²) < 4.78 is 1.14. The molecule has 1 aromatic carbocycles. The Hall–Kier alpha value is -0.380. The molecule has 0 aliphatic heterocycles. The predicted molar refractivity (Wildman–Crippen MR) is 87.6 cm³/mol. The summed E-state index contributed by atoms with van der Waals surface area (Å²) in [5.41, 5.74) is 1.38. The first-order chi connectivity index (χ1) is 9.04. The van der Waals surface area contributed by atoms with E-state index in [0.717, 1.165) is 24.0 Å². The van der Waals surface area contributed by atoms with Crippen molar-refractivity contribution < 1.29 is 0 Å². The lowest BCUT2D eigenvalue weighted by molar-refractivity contribution is 0.267. The Morgan fingerprint density at radius 3 is 2.37 bits per heavy atom. The quantitative estimate of drug-likeness (QED) is 0.719. The summed E-state index contributed by atoms with van der Waals surface area (Å²) in [4.78, 5) is 2.39. The van der Waals surface area contributed by atoms with Crippen LogP contribution >= 0.6 is 15.9 Å². The molecule has 108 valence electrons. The lowest BCUT2D eigenvalue weighted by Crippen LogP contribution is -2.30. The lowest BCUT2D eigenvalue weighted by Gasteiger charge is -2.22. The number of benzene rings is 1. The average Bonchev–Trinajstić information content (AvgIpc) is 2.40. The van der Waals surface area contributed by atoms with Crippen LogP contribution in [0.15, 0.2) is 28.7 Å². The Bertz CT molecular complexity index is 348. The minimum atomic E-state index is 0.470. The third-order valence-electron chi connectivity index (χ3n) is 3.64. The van der Waals surface area contributed by atoms with Crippen LogP contribution in [0.5, 0.6) is 0 Å². The maximum atomic E-state index is 3.66. The van der Waals surface area contributed by atoms with Gasteiger partial charge in [-0.15, -0.1) is 0 Å². The smallest absolute Gasteiger partial charge is 0.0317 e. The third kappa shape index (κ3) is 6.07. The molecule has 0 radical (unpaired) electrons. The second-order valence-corrected chi connectivity index (χ2v) is 6.31. The molecule has 0 aliphatic rings. The largest absolute Gasteiger partial charge is 0.310 e. The number of nitrogens with zero attached hydrogens (tertiary/aromatic N) is 1. The maximum absolute atomic E-state index is 3.66. The van der Waals surface area contributed by atoms with Crippen LogP contribution in [0, 0.1) is 0 Å². The topological polar surface area (TPSA) is 15.3 Å². The molecule has 1 atom stereocenters. The number of rotatable bonds is 8. The number of hydrogen-bond acceptors (Lipinski definition) is 2. The molecule has 1 rings (SSSR count). The Morgan fingerprint density at radius 2 is 1.84 bits per heavy atom. The normalized spacial score (nSPS) is 13.2. The second-order valence-electron chi connectivity index (χ2n) is 5.39. The van der Waals surface area contributed by atoms with Gasteiger partial charge in [0.15, 0.2) is 0 Å². The van der Waals surface area contributed by atoms with Crippen molar-refractivity contribution in [2.75, 3.05) is 20.1 Å². The lowest BCUT2D eigenvalue weighted by atomic mass is 10.0. The van der Waals surface area contributed by atoms with Crippen molar-refractivity contribution >= 4 is 15.9 Å². The van der Waals surface area contributed by atoms with Gasteiger partial charge < -0.3 is 10.2 Å². The van der Waals surface area contributed by atoms with Gasteiger partial charge in [-0.1, -0.05) is 35.0 Å². The molecule has 1 N–H and O–H groups in total. The first-order valence-electron chi connectivity index (χ1n) is 7.23. The van der Waals surface area contributed by atoms with E-state index in [4.69, 9.17) is 0 Å². The van der Waals surface area contributed by atoms with E-state index in [1.54, 1.807) is 0 Å². The summed E-state index contributed by atoms with van der Waals surface area (Å²) in [7, 11) is 2.19. The van der Waals surface area contributed by atoms with E-state index in [1.165, 1.54) is 12.0 Å². The van der Waals surface area contributed by atoms with Gasteiger partial charge in [0.1, 0.15) is 0 Å². The zero-order valence-corrected chi connectivity index (χ0v) is 14.2. The summed E-state index contributed by atoms with van der Waals surface area (Å²) in [6.07, 6.45) is 2.32. The molecular formula is C16H27BrN2. The molecule has 0 aromatic heterocycles. The number of halogens is 1. The molecule has 0 bridgehead atoms. The highest BCUT2D eigenvalue weighted by atomic mass is 79.9. The van der Waals surface area contributed by atoms with Crippen LogP contribution in [-0.4, -0.2) is 31.1 Å². The highest BCUT2D eigenvalue weighted by Crippen LogP contribution is 2.19. The second kappa shape index (κ2) is 8.72. The minimum absolute atomic E-state index is 0.470. The van der Waals surface area contributed by atoms with Crippen molar-refractivity contribution in [3.8, 4) is 0 Å². The fourth-order valence-corrected chi connectivity index (χ4v) is 2.32. The maximum Gasteiger partial charge on any atom is 0.0317 e. The molecule has 1 unspecified atom stereocenters. The summed E-state index contributed by atoms with van der Waals surface area (Å²) >= 11 is 3.48. The Labute approximate surface area is 126 Å². The Kier molecular flexibility index (Phi) is 7.66. The van der Waals surface area contributed by atoms with Crippen molar-refractivity contribution in [1.82, 2.24) is 10.2 Å². The molecule has 0 fully saturated rings. The van der Waals surface area contributed by atoms with Gasteiger partial charge in [0, 0.05) is 16.6 Å². The van der Waals surface area contributed by atoms with Crippen LogP contribution in [0.4, 0.5) is 0 Å². The molecule has 0 amide bonds. The van der Waals surface area contributed by atoms with E-state index < -0.39 is 0 Å². The Balaban J connectivity index is 2.35. The SMILES string of the molecule is CCC(NCCCN(C)C(C)C)c1ccc(Br)cc1. The number of hydrogen-bond donors (Lipinski definition) is 1. The molecular weight excluding hydrogens is 300 g/mol. The summed E-state index contributed by atoms with van der Waals surface area (Å²) in [6.45, 7) is 8.95. The van der Waals surface area contributed by atoms with E-state index in [-0.39, 0.29) is 0 Å². The molecule has 19 heavy (non-hydrogen) atoms. The van der Waals surface area contributed by atoms with Crippen LogP contribution < -0.4 is 5.32 Å². The van der Waals surface area contributed by atoms with Gasteiger partial charge in [-0.25, -0.2) is 0 Å². The van der Waals surface area contributed by atoms with Crippen molar-refractivity contribution in [2.24, 2.45) is 0 Å². The van der Waals surface area contributed by atoms with E-state index in [0.29, 0.717) is 12.1 Å². The molecule has 1 aromatic rings. The van der Waals surface area contributed by atoms with Crippen molar-refractivity contribution in [1.29, 1.82) is 0 Å². The van der Waals surface area contributed by atoms with Crippen LogP contribution in [-0.2, 0) is 0 Å². The van der Waals surface area contributed by atoms with Crippen molar-refractivity contribution in [2.45, 2.75) is 45.7 Å². The van der Waals surface area contributed by atoms with Crippen LogP contribution in [0.2, 0.25) is 0 Å². The summed E-state index contributed by atoms with van der Waals surface area (Å²) in [6, 6.07) is 9.74. The van der Waals surface area contributed by atoms with Gasteiger partial charge >= 0.3 is 0 Å². The molecule has 3 heteroatoms. The zero-order chi connectivity index (χ0) is 14.3. The standard InChI is InChI=1S/C16H27BrN2/c1-5-16(14-7-9-15(17)10-8-14)18-11-6-12-19(4)13(2)3/h7-10,13,16,18H,5-6,11-12H2,1-4H3. The average molecular weight is 327 g/mol. The first kappa shape index (κ1) is 16.7. The van der Waals surface area contributed by atoms with E-state index in [1.807, 2.05) is 0 Å². The molecule has 0 aliphatic carbocycles. The van der Waals surface area contributed by atoms with Crippen LogP contribution in [0.3, 0.4) is 0 Å². The number of nitrogens with one attached hydrogen (secondary N) is 1. The molecule has 0 saturated carbocycles. The van der Waals surface area contributed by atoms with Crippen LogP contribution in [0.1, 0.15) is 45.2 Å². The van der Waals surface area contributed by atoms with Crippen molar-refractivity contribution in [3.63, 3.8) is 0 Å². The van der Waals surface area contributed by atoms with E-state index in [2.05, 4.69) is 78.2 Å². The van der Waals surface area contributed by atoms with Gasteiger partial charge in [0.25, 0.3) is 0 Å². The monoisotopic (exact) mass is 326 g/mol. The fraction of sp³-hybridized carbons (Fsp3) is 0.625. The Morgan fingerprint density at radius 1 is 1.21 bits per heavy atom. The predicted octanol–water partition coefficient (Wildman–Crippen LogP) is 4.22. The van der Waals surface area contributed by atoms with Gasteiger partial charge in [0.2, 0.25) is 0 Å². The van der Waals surface area contributed by atoms with E-state index >= 15 is 0 Å². The molecule has 0 saturated heterocycles. The van der Waals surface area contributed by atoms with Gasteiger partial charge in [-0.05, 0) is 64.5 Å². The minimum Gasteiger partial charge on any atom is -0.310 e. The zero-order valence-electron chi connectivity index (χ0n) is 12.6. The summed E-state index contributed by atoms with van der Waals surface area (Å²) in [5.74, 6) is 0. The highest BCUT2D eigenvalue weighted by Gasteiger charge is 2.08. The first-order valence-corrected chi connectivity index (χ1v) is 8.03. The van der Waals surface area contributed by atoms with E-state index in [9.17, 15) is 0 Å². The van der Waals surface area contributed by atoms with Crippen LogP contribution in [0.25, 0.3) is 0 Å². The summed E-state index contributed by atoms with van der Waals surface area (Å²) in [5, 5.41) is 3.66. The van der Waals surface area contributed by atoms with Gasteiger partial charge in [-0.3, -0.25) is 0 Å². The fourth-order valence-electron chi connectivity index (χ4n) is 2.06. The van der Waals surface area contributed by atoms with Gasteiger partial charge in [-0.2, -0.15) is 0 Å².